The molecule has 0 N–H and O–H groups in total. The zero-order valence-electron chi connectivity index (χ0n) is 16.7. The molecule has 0 saturated carbocycles. The van der Waals surface area contributed by atoms with Crippen LogP contribution in [0.5, 0.6) is 0 Å². The van der Waals surface area contributed by atoms with E-state index < -0.39 is 21.2 Å². The molecular formula is C19H26ClN5O4S. The highest BCUT2D eigenvalue weighted by Crippen LogP contribution is 2.48. The number of amides is 1. The minimum absolute atomic E-state index is 0.201. The van der Waals surface area contributed by atoms with Crippen LogP contribution < -0.4 is 4.90 Å². The van der Waals surface area contributed by atoms with Crippen LogP contribution in [0.4, 0.5) is 5.82 Å². The van der Waals surface area contributed by atoms with Crippen molar-refractivity contribution in [1.82, 2.24) is 19.2 Å². The normalized spacial score (nSPS) is 32.8. The van der Waals surface area contributed by atoms with Gasteiger partial charge >= 0.3 is 0 Å². The van der Waals surface area contributed by atoms with Crippen molar-refractivity contribution >= 4 is 33.3 Å². The molecule has 4 atom stereocenters. The molecule has 164 valence electrons. The molecule has 0 aromatic carbocycles. The first kappa shape index (κ1) is 20.4. The van der Waals surface area contributed by atoms with Crippen molar-refractivity contribution in [2.75, 3.05) is 44.2 Å². The maximum atomic E-state index is 12.9. The second-order valence-corrected chi connectivity index (χ2v) is 10.9. The lowest BCUT2D eigenvalue weighted by Gasteiger charge is -2.35. The number of ether oxygens (including phenoxy) is 1. The monoisotopic (exact) mass is 455 g/mol. The summed E-state index contributed by atoms with van der Waals surface area (Å²) in [6, 6.07) is 0. The van der Waals surface area contributed by atoms with Crippen molar-refractivity contribution in [3.63, 3.8) is 0 Å². The van der Waals surface area contributed by atoms with Crippen molar-refractivity contribution in [3.05, 3.63) is 17.5 Å². The Morgan fingerprint density at radius 1 is 1.07 bits per heavy atom. The Morgan fingerprint density at radius 2 is 1.80 bits per heavy atom. The molecule has 11 heteroatoms. The smallest absolute Gasteiger partial charge is 0.243 e. The van der Waals surface area contributed by atoms with Crippen molar-refractivity contribution in [2.45, 2.75) is 43.1 Å². The average Bonchev–Trinajstić information content (AvgIpc) is 3.40. The molecule has 4 saturated heterocycles. The number of hydrogen-bond donors (Lipinski definition) is 0. The van der Waals surface area contributed by atoms with E-state index in [1.54, 1.807) is 6.20 Å². The molecule has 0 radical (unpaired) electrons. The maximum absolute atomic E-state index is 12.9. The molecule has 1 aromatic heterocycles. The van der Waals surface area contributed by atoms with Crippen LogP contribution in [0.2, 0.25) is 5.15 Å². The van der Waals surface area contributed by atoms with E-state index in [-0.39, 0.29) is 24.7 Å². The first-order valence-electron chi connectivity index (χ1n) is 10.6. The molecule has 5 heterocycles. The van der Waals surface area contributed by atoms with E-state index in [0.717, 1.165) is 62.1 Å². The fourth-order valence-electron chi connectivity index (χ4n) is 5.27. The number of anilines is 1. The largest absolute Gasteiger partial charge is 0.373 e. The third-order valence-corrected chi connectivity index (χ3v) is 9.21. The molecule has 30 heavy (non-hydrogen) atoms. The molecule has 4 aliphatic heterocycles. The molecule has 9 nitrogen and oxygen atoms in total. The number of piperazine rings is 1. The van der Waals surface area contributed by atoms with Gasteiger partial charge in [-0.1, -0.05) is 11.6 Å². The summed E-state index contributed by atoms with van der Waals surface area (Å²) >= 11 is 5.92. The van der Waals surface area contributed by atoms with Crippen LogP contribution in [0, 0.1) is 5.92 Å². The molecule has 5 rings (SSSR count). The second kappa shape index (κ2) is 7.89. The van der Waals surface area contributed by atoms with Gasteiger partial charge in [-0.25, -0.2) is 17.7 Å². The molecule has 4 aliphatic rings. The summed E-state index contributed by atoms with van der Waals surface area (Å²) in [5.74, 6) is 0.0725. The predicted molar refractivity (Wildman–Crippen MR) is 111 cm³/mol. The standard InChI is InChI=1S/C19H26ClN5O4S/c20-15-11-21-12-16(22-15)24-9-7-23(8-10-24)5-1-2-6-25-19(26)17-13-3-4-14(29-13)18(17)30(25,27)28/h11-14,17-18H,1-10H2/t13-,14+,17?,18-/m1/s1. The molecular weight excluding hydrogens is 430 g/mol. The minimum atomic E-state index is -3.58. The zero-order chi connectivity index (χ0) is 20.9. The topological polar surface area (TPSA) is 95.9 Å². The van der Waals surface area contributed by atoms with Crippen LogP contribution in [0.1, 0.15) is 25.7 Å². The summed E-state index contributed by atoms with van der Waals surface area (Å²) in [6.45, 7) is 4.67. The van der Waals surface area contributed by atoms with Gasteiger partial charge in [0, 0.05) is 32.7 Å². The van der Waals surface area contributed by atoms with Crippen LogP contribution in [-0.2, 0) is 19.6 Å². The van der Waals surface area contributed by atoms with Crippen LogP contribution in [0.15, 0.2) is 12.4 Å². The number of carbonyl (C=O) groups is 1. The third-order valence-electron chi connectivity index (χ3n) is 6.76. The van der Waals surface area contributed by atoms with Crippen molar-refractivity contribution < 1.29 is 17.9 Å². The second-order valence-electron chi connectivity index (χ2n) is 8.47. The molecule has 0 spiro atoms. The Balaban J connectivity index is 1.08. The highest BCUT2D eigenvalue weighted by Gasteiger charge is 2.65. The van der Waals surface area contributed by atoms with E-state index in [0.29, 0.717) is 11.6 Å². The van der Waals surface area contributed by atoms with Gasteiger partial charge in [0.1, 0.15) is 16.2 Å². The third kappa shape index (κ3) is 3.47. The van der Waals surface area contributed by atoms with Crippen molar-refractivity contribution in [3.8, 4) is 0 Å². The van der Waals surface area contributed by atoms with Gasteiger partial charge in [-0.15, -0.1) is 0 Å². The van der Waals surface area contributed by atoms with E-state index in [9.17, 15) is 13.2 Å². The van der Waals surface area contributed by atoms with Gasteiger partial charge in [0.25, 0.3) is 0 Å². The lowest BCUT2D eigenvalue weighted by molar-refractivity contribution is -0.130. The molecule has 4 fully saturated rings. The number of carbonyl (C=O) groups excluding carboxylic acids is 1. The highest BCUT2D eigenvalue weighted by atomic mass is 35.5. The van der Waals surface area contributed by atoms with E-state index in [4.69, 9.17) is 16.3 Å². The fraction of sp³-hybridized carbons (Fsp3) is 0.737. The van der Waals surface area contributed by atoms with Crippen LogP contribution in [0.3, 0.4) is 0 Å². The fourth-order valence-corrected chi connectivity index (χ4v) is 7.71. The zero-order valence-corrected chi connectivity index (χ0v) is 18.3. The number of halogens is 1. The number of sulfonamides is 1. The van der Waals surface area contributed by atoms with E-state index in [1.165, 1.54) is 6.20 Å². The number of unbranched alkanes of at least 4 members (excludes halogenated alkanes) is 1. The Labute approximate surface area is 181 Å². The van der Waals surface area contributed by atoms with Gasteiger partial charge in [0.15, 0.2) is 0 Å². The van der Waals surface area contributed by atoms with Gasteiger partial charge < -0.3 is 9.64 Å². The van der Waals surface area contributed by atoms with Crippen LogP contribution >= 0.6 is 11.6 Å². The highest BCUT2D eigenvalue weighted by molar-refractivity contribution is 7.90. The SMILES string of the molecule is O=C1C2[C@H]3CC[C@H](O3)[C@H]2S(=O)(=O)N1CCCCN1CCN(c2cncc(Cl)n2)CC1. The lowest BCUT2D eigenvalue weighted by atomic mass is 9.88. The number of aromatic nitrogens is 2. The summed E-state index contributed by atoms with van der Waals surface area (Å²) < 4.78 is 32.5. The predicted octanol–water partition coefficient (Wildman–Crippen LogP) is 0.750. The Kier molecular flexibility index (Phi) is 5.37. The van der Waals surface area contributed by atoms with Gasteiger partial charge in [0.2, 0.25) is 15.9 Å². The Morgan fingerprint density at radius 3 is 2.53 bits per heavy atom. The van der Waals surface area contributed by atoms with Crippen LogP contribution in [0.25, 0.3) is 0 Å². The first-order chi connectivity index (χ1) is 14.4. The summed E-state index contributed by atoms with van der Waals surface area (Å²) in [5.41, 5.74) is 0. The van der Waals surface area contributed by atoms with E-state index in [2.05, 4.69) is 19.8 Å². The summed E-state index contributed by atoms with van der Waals surface area (Å²) in [7, 11) is -3.58. The number of rotatable bonds is 6. The summed E-state index contributed by atoms with van der Waals surface area (Å²) in [4.78, 5) is 25.6. The van der Waals surface area contributed by atoms with Crippen molar-refractivity contribution in [2.24, 2.45) is 5.92 Å². The number of fused-ring (bicyclic) bond motifs is 5. The molecule has 1 amide bonds. The molecule has 1 unspecified atom stereocenters. The quantitative estimate of drug-likeness (QED) is 0.580. The molecule has 0 aliphatic carbocycles. The van der Waals surface area contributed by atoms with Gasteiger partial charge in [-0.3, -0.25) is 14.7 Å². The van der Waals surface area contributed by atoms with E-state index in [1.807, 2.05) is 0 Å². The average molecular weight is 456 g/mol. The summed E-state index contributed by atoms with van der Waals surface area (Å²) in [6.07, 6.45) is 5.84. The Bertz CT molecular complexity index is 923. The van der Waals surface area contributed by atoms with Crippen LogP contribution in [-0.4, -0.2) is 90.2 Å². The summed E-state index contributed by atoms with van der Waals surface area (Å²) in [5, 5.41) is -0.253. The minimum Gasteiger partial charge on any atom is -0.373 e. The van der Waals surface area contributed by atoms with Gasteiger partial charge in [-0.05, 0) is 32.2 Å². The maximum Gasteiger partial charge on any atom is 0.243 e. The first-order valence-corrected chi connectivity index (χ1v) is 12.5. The van der Waals surface area contributed by atoms with Crippen molar-refractivity contribution in [1.29, 1.82) is 0 Å². The molecule has 1 aromatic rings. The lowest BCUT2D eigenvalue weighted by Crippen LogP contribution is -2.47. The van der Waals surface area contributed by atoms with E-state index >= 15 is 0 Å². The number of nitrogens with zero attached hydrogens (tertiary/aromatic N) is 5. The Hall–Kier alpha value is -1.49. The number of hydrogen-bond acceptors (Lipinski definition) is 8. The van der Waals surface area contributed by atoms with Gasteiger partial charge in [-0.2, -0.15) is 0 Å². The molecule has 2 bridgehead atoms. The van der Waals surface area contributed by atoms with Gasteiger partial charge in [0.05, 0.1) is 30.5 Å².